The summed E-state index contributed by atoms with van der Waals surface area (Å²) in [5, 5.41) is 0. The van der Waals surface area contributed by atoms with E-state index in [0.29, 0.717) is 0 Å². The van der Waals surface area contributed by atoms with E-state index in [1.807, 2.05) is 18.2 Å². The molecule has 0 fully saturated rings. The second-order valence-corrected chi connectivity index (χ2v) is 5.50. The van der Waals surface area contributed by atoms with Gasteiger partial charge in [0.2, 0.25) is 0 Å². The molecule has 1 aliphatic rings. The van der Waals surface area contributed by atoms with Crippen LogP contribution in [-0.4, -0.2) is 16.6 Å². The molecule has 0 bridgehead atoms. The lowest BCUT2D eigenvalue weighted by Crippen LogP contribution is -2.18. The molecule has 104 valence electrons. The average Bonchev–Trinajstić information content (AvgIpc) is 2.46. The monoisotopic (exact) mass is 286 g/mol. The van der Waals surface area contributed by atoms with Gasteiger partial charge in [-0.25, -0.2) is 4.98 Å². The second kappa shape index (κ2) is 5.37. The van der Waals surface area contributed by atoms with Crippen molar-refractivity contribution < 1.29 is 4.74 Å². The third kappa shape index (κ3) is 2.24. The molecule has 3 nitrogen and oxygen atoms in total. The highest BCUT2D eigenvalue weighted by molar-refractivity contribution is 7.71. The van der Waals surface area contributed by atoms with E-state index in [9.17, 15) is 0 Å². The molecule has 0 aliphatic carbocycles. The van der Waals surface area contributed by atoms with Gasteiger partial charge in [-0.2, -0.15) is 0 Å². The molecule has 2 aromatic rings. The summed E-state index contributed by atoms with van der Waals surface area (Å²) in [6.07, 6.45) is 1.85. The number of fused-ring (bicyclic) bond motifs is 1. The van der Waals surface area contributed by atoms with Gasteiger partial charge in [-0.15, -0.1) is 0 Å². The van der Waals surface area contributed by atoms with Crippen molar-refractivity contribution in [2.24, 2.45) is 0 Å². The third-order valence-electron chi connectivity index (χ3n) is 3.89. The molecule has 1 N–H and O–H groups in total. The molecule has 0 amide bonds. The fourth-order valence-electron chi connectivity index (χ4n) is 2.84. The molecular formula is C16H18N2OS. The molecule has 20 heavy (non-hydrogen) atoms. The van der Waals surface area contributed by atoms with Crippen molar-refractivity contribution in [3.8, 4) is 5.75 Å². The van der Waals surface area contributed by atoms with Crippen LogP contribution in [0.1, 0.15) is 41.9 Å². The van der Waals surface area contributed by atoms with Crippen molar-refractivity contribution in [3.63, 3.8) is 0 Å². The molecule has 3 rings (SSSR count). The summed E-state index contributed by atoms with van der Waals surface area (Å²) in [5.74, 6) is 2.16. The van der Waals surface area contributed by atoms with Crippen LogP contribution in [0.25, 0.3) is 0 Å². The number of benzene rings is 1. The first-order valence-electron chi connectivity index (χ1n) is 7.02. The summed E-state index contributed by atoms with van der Waals surface area (Å²) in [6, 6.07) is 8.18. The number of aromatic amines is 1. The van der Waals surface area contributed by atoms with Crippen LogP contribution in [0.4, 0.5) is 0 Å². The minimum Gasteiger partial charge on any atom is -0.493 e. The number of nitrogens with zero attached hydrogens (tertiary/aromatic N) is 1. The zero-order valence-corrected chi connectivity index (χ0v) is 12.6. The maximum atomic E-state index is 5.71. The van der Waals surface area contributed by atoms with Crippen LogP contribution < -0.4 is 4.74 Å². The average molecular weight is 286 g/mol. The van der Waals surface area contributed by atoms with Crippen molar-refractivity contribution in [1.82, 2.24) is 9.97 Å². The minimum absolute atomic E-state index is 0.242. The molecule has 0 saturated heterocycles. The van der Waals surface area contributed by atoms with E-state index < -0.39 is 0 Å². The molecule has 0 saturated carbocycles. The predicted molar refractivity (Wildman–Crippen MR) is 81.9 cm³/mol. The van der Waals surface area contributed by atoms with Gasteiger partial charge in [0, 0.05) is 22.7 Å². The lowest BCUT2D eigenvalue weighted by atomic mass is 9.92. The van der Waals surface area contributed by atoms with Crippen LogP contribution in [0, 0.1) is 11.6 Å². The van der Waals surface area contributed by atoms with Gasteiger partial charge in [0.25, 0.3) is 0 Å². The van der Waals surface area contributed by atoms with Gasteiger partial charge in [-0.1, -0.05) is 37.3 Å². The molecule has 2 heterocycles. The Balaban J connectivity index is 2.09. The lowest BCUT2D eigenvalue weighted by Gasteiger charge is -2.25. The Morgan fingerprint density at radius 1 is 1.40 bits per heavy atom. The Hall–Kier alpha value is -1.68. The molecule has 1 unspecified atom stereocenters. The Bertz CT molecular complexity index is 693. The van der Waals surface area contributed by atoms with Gasteiger partial charge in [0.1, 0.15) is 16.2 Å². The zero-order valence-electron chi connectivity index (χ0n) is 11.8. The number of hydrogen-bond donors (Lipinski definition) is 1. The van der Waals surface area contributed by atoms with Gasteiger partial charge in [-0.05, 0) is 25.8 Å². The topological polar surface area (TPSA) is 37.9 Å². The summed E-state index contributed by atoms with van der Waals surface area (Å²) in [7, 11) is 0. The van der Waals surface area contributed by atoms with Crippen molar-refractivity contribution in [2.45, 2.75) is 32.6 Å². The number of aromatic nitrogens is 2. The highest BCUT2D eigenvalue weighted by Gasteiger charge is 2.24. The normalized spacial score (nSPS) is 17.4. The van der Waals surface area contributed by atoms with E-state index >= 15 is 0 Å². The van der Waals surface area contributed by atoms with Crippen LogP contribution in [-0.2, 0) is 6.42 Å². The van der Waals surface area contributed by atoms with Crippen LogP contribution in [0.3, 0.4) is 0 Å². The Labute approximate surface area is 124 Å². The van der Waals surface area contributed by atoms with Crippen molar-refractivity contribution >= 4 is 12.2 Å². The summed E-state index contributed by atoms with van der Waals surface area (Å²) < 4.78 is 6.44. The fraction of sp³-hybridized carbons (Fsp3) is 0.375. The Kier molecular flexibility index (Phi) is 3.57. The van der Waals surface area contributed by atoms with Crippen molar-refractivity contribution in [1.29, 1.82) is 0 Å². The van der Waals surface area contributed by atoms with E-state index in [1.54, 1.807) is 0 Å². The highest BCUT2D eigenvalue weighted by Crippen LogP contribution is 2.36. The number of H-pyrrole nitrogens is 1. The smallest absolute Gasteiger partial charge is 0.133 e. The number of aryl methyl sites for hydroxylation is 1. The highest BCUT2D eigenvalue weighted by atomic mass is 32.1. The maximum absolute atomic E-state index is 5.71. The van der Waals surface area contributed by atoms with E-state index in [-0.39, 0.29) is 5.92 Å². The molecule has 0 radical (unpaired) electrons. The zero-order chi connectivity index (χ0) is 14.1. The van der Waals surface area contributed by atoms with E-state index in [2.05, 4.69) is 29.9 Å². The summed E-state index contributed by atoms with van der Waals surface area (Å²) in [4.78, 5) is 8.08. The van der Waals surface area contributed by atoms with E-state index in [0.717, 1.165) is 46.9 Å². The van der Waals surface area contributed by atoms with Crippen molar-refractivity contribution in [2.75, 3.05) is 6.61 Å². The molecule has 1 atom stereocenters. The molecule has 0 spiro atoms. The fourth-order valence-corrected chi connectivity index (χ4v) is 3.24. The quantitative estimate of drug-likeness (QED) is 0.850. The first-order chi connectivity index (χ1) is 9.70. The van der Waals surface area contributed by atoms with Crippen molar-refractivity contribution in [3.05, 3.63) is 51.6 Å². The standard InChI is InChI=1S/C16H18N2OS/c1-3-11-10(2)17-15(18-16(11)20)13-8-9-19-14-7-5-4-6-12(13)14/h4-7,13H,3,8-9H2,1-2H3,(H,17,18,20). The summed E-state index contributed by atoms with van der Waals surface area (Å²) >= 11 is 5.43. The summed E-state index contributed by atoms with van der Waals surface area (Å²) in [6.45, 7) is 4.90. The van der Waals surface area contributed by atoms with Gasteiger partial charge in [-0.3, -0.25) is 0 Å². The number of para-hydroxylation sites is 1. The van der Waals surface area contributed by atoms with Crippen LogP contribution in [0.15, 0.2) is 24.3 Å². The first-order valence-corrected chi connectivity index (χ1v) is 7.43. The van der Waals surface area contributed by atoms with Crippen LogP contribution >= 0.6 is 12.2 Å². The Morgan fingerprint density at radius 3 is 2.95 bits per heavy atom. The predicted octanol–water partition coefficient (Wildman–Crippen LogP) is 3.92. The van der Waals surface area contributed by atoms with E-state index in [4.69, 9.17) is 17.0 Å². The molecule has 1 aliphatic heterocycles. The van der Waals surface area contributed by atoms with E-state index in [1.165, 1.54) is 5.56 Å². The minimum atomic E-state index is 0.242. The molecule has 1 aromatic heterocycles. The molecule has 4 heteroatoms. The number of nitrogens with one attached hydrogen (secondary N) is 1. The first kappa shape index (κ1) is 13.3. The van der Waals surface area contributed by atoms with Gasteiger partial charge in [0.05, 0.1) is 6.61 Å². The van der Waals surface area contributed by atoms with Gasteiger partial charge < -0.3 is 9.72 Å². The number of hydrogen-bond acceptors (Lipinski definition) is 3. The van der Waals surface area contributed by atoms with Crippen LogP contribution in [0.2, 0.25) is 0 Å². The SMILES string of the molecule is CCc1c(C)[nH]c(C2CCOc3ccccc32)nc1=S. The van der Waals surface area contributed by atoms with Gasteiger partial charge in [0.15, 0.2) is 0 Å². The number of ether oxygens (including phenoxy) is 1. The van der Waals surface area contributed by atoms with Gasteiger partial charge >= 0.3 is 0 Å². The second-order valence-electron chi connectivity index (χ2n) is 5.11. The molecule has 1 aromatic carbocycles. The number of rotatable bonds is 2. The van der Waals surface area contributed by atoms with Crippen LogP contribution in [0.5, 0.6) is 5.75 Å². The lowest BCUT2D eigenvalue weighted by molar-refractivity contribution is 0.274. The Morgan fingerprint density at radius 2 is 2.20 bits per heavy atom. The largest absolute Gasteiger partial charge is 0.493 e. The molecular weight excluding hydrogens is 268 g/mol. The summed E-state index contributed by atoms with van der Waals surface area (Å²) in [5.41, 5.74) is 3.47. The maximum Gasteiger partial charge on any atom is 0.133 e. The third-order valence-corrected chi connectivity index (χ3v) is 4.23.